The van der Waals surface area contributed by atoms with Gasteiger partial charge in [-0.3, -0.25) is 10.1 Å². The molecule has 1 N–H and O–H groups in total. The Hall–Kier alpha value is -2.89. The van der Waals surface area contributed by atoms with E-state index in [4.69, 9.17) is 4.74 Å². The molecule has 1 atom stereocenters. The number of aliphatic carboxylic acids is 1. The summed E-state index contributed by atoms with van der Waals surface area (Å²) in [6, 6.07) is 14.9. The first-order chi connectivity index (χ1) is 10.6. The van der Waals surface area contributed by atoms with Crippen LogP contribution in [0, 0.1) is 10.1 Å². The fourth-order valence-electron chi connectivity index (χ4n) is 2.02. The van der Waals surface area contributed by atoms with Crippen LogP contribution in [0.2, 0.25) is 0 Å². The normalized spacial score (nSPS) is 11.6. The maximum absolute atomic E-state index is 11.3. The zero-order valence-corrected chi connectivity index (χ0v) is 11.7. The van der Waals surface area contributed by atoms with Crippen molar-refractivity contribution in [1.29, 1.82) is 0 Å². The van der Waals surface area contributed by atoms with Crippen LogP contribution in [-0.4, -0.2) is 22.1 Å². The molecule has 0 aliphatic rings. The molecular formula is C16H15NO5. The van der Waals surface area contributed by atoms with Crippen molar-refractivity contribution in [3.63, 3.8) is 0 Å². The highest BCUT2D eigenvalue weighted by Crippen LogP contribution is 2.17. The second-order valence-corrected chi connectivity index (χ2v) is 4.72. The monoisotopic (exact) mass is 301 g/mol. The van der Waals surface area contributed by atoms with Crippen LogP contribution in [0.25, 0.3) is 0 Å². The highest BCUT2D eigenvalue weighted by Gasteiger charge is 2.19. The number of non-ortho nitro benzene ring substituents is 1. The lowest BCUT2D eigenvalue weighted by Gasteiger charge is -2.15. The van der Waals surface area contributed by atoms with Crippen LogP contribution in [-0.2, 0) is 11.2 Å². The fourth-order valence-corrected chi connectivity index (χ4v) is 2.02. The molecule has 0 aromatic heterocycles. The summed E-state index contributed by atoms with van der Waals surface area (Å²) in [6.07, 6.45) is -0.390. The van der Waals surface area contributed by atoms with Gasteiger partial charge in [-0.1, -0.05) is 30.3 Å². The molecule has 0 saturated heterocycles. The molecule has 0 fully saturated rings. The number of nitrogens with zero attached hydrogens (tertiary/aromatic N) is 1. The Morgan fingerprint density at radius 1 is 1.18 bits per heavy atom. The van der Waals surface area contributed by atoms with Crippen molar-refractivity contribution in [3.8, 4) is 5.75 Å². The number of carboxylic acid groups (broad SMARTS) is 1. The molecule has 0 radical (unpaired) electrons. The van der Waals surface area contributed by atoms with Gasteiger partial charge in [0.2, 0.25) is 0 Å². The molecule has 0 amide bonds. The Bertz CT molecular complexity index is 657. The molecule has 1 unspecified atom stereocenters. The summed E-state index contributed by atoms with van der Waals surface area (Å²) in [5.41, 5.74) is 0.700. The van der Waals surface area contributed by atoms with E-state index in [9.17, 15) is 20.0 Å². The Morgan fingerprint density at radius 3 is 2.55 bits per heavy atom. The van der Waals surface area contributed by atoms with Gasteiger partial charge in [0.05, 0.1) is 4.92 Å². The summed E-state index contributed by atoms with van der Waals surface area (Å²) >= 11 is 0. The van der Waals surface area contributed by atoms with E-state index in [-0.39, 0.29) is 12.1 Å². The van der Waals surface area contributed by atoms with Crippen molar-refractivity contribution in [2.45, 2.75) is 18.9 Å². The molecule has 2 aromatic carbocycles. The second kappa shape index (κ2) is 7.21. The Morgan fingerprint density at radius 2 is 1.91 bits per heavy atom. The van der Waals surface area contributed by atoms with E-state index in [1.54, 1.807) is 36.4 Å². The SMILES string of the molecule is O=C(O)C(CCc1cccc([N+](=O)[O-])c1)Oc1ccccc1. The van der Waals surface area contributed by atoms with E-state index in [1.165, 1.54) is 12.1 Å². The predicted molar refractivity (Wildman–Crippen MR) is 79.9 cm³/mol. The van der Waals surface area contributed by atoms with Gasteiger partial charge in [0.15, 0.2) is 6.10 Å². The number of carboxylic acids is 1. The minimum Gasteiger partial charge on any atom is -0.479 e. The predicted octanol–water partition coefficient (Wildman–Crippen LogP) is 3.06. The number of carbonyl (C=O) groups is 1. The topological polar surface area (TPSA) is 89.7 Å². The number of aryl methyl sites for hydroxylation is 1. The van der Waals surface area contributed by atoms with E-state index in [0.29, 0.717) is 17.7 Å². The molecule has 0 heterocycles. The van der Waals surface area contributed by atoms with Crippen LogP contribution in [0.15, 0.2) is 54.6 Å². The molecule has 0 bridgehead atoms. The summed E-state index contributed by atoms with van der Waals surface area (Å²) in [5, 5.41) is 19.9. The van der Waals surface area contributed by atoms with E-state index in [2.05, 4.69) is 0 Å². The van der Waals surface area contributed by atoms with Crippen LogP contribution >= 0.6 is 0 Å². The maximum atomic E-state index is 11.3. The van der Waals surface area contributed by atoms with Gasteiger partial charge in [-0.25, -0.2) is 4.79 Å². The van der Waals surface area contributed by atoms with Gasteiger partial charge in [0.1, 0.15) is 5.75 Å². The zero-order chi connectivity index (χ0) is 15.9. The van der Waals surface area contributed by atoms with Crippen molar-refractivity contribution in [3.05, 3.63) is 70.3 Å². The fraction of sp³-hybridized carbons (Fsp3) is 0.188. The number of rotatable bonds is 7. The molecule has 0 aliphatic heterocycles. The van der Waals surface area contributed by atoms with E-state index in [1.807, 2.05) is 6.07 Å². The highest BCUT2D eigenvalue weighted by atomic mass is 16.6. The molecule has 0 spiro atoms. The zero-order valence-electron chi connectivity index (χ0n) is 11.7. The first-order valence-electron chi connectivity index (χ1n) is 6.74. The van der Waals surface area contributed by atoms with Gasteiger partial charge in [-0.2, -0.15) is 0 Å². The number of ether oxygens (including phenoxy) is 1. The molecule has 22 heavy (non-hydrogen) atoms. The number of hydrogen-bond donors (Lipinski definition) is 1. The lowest BCUT2D eigenvalue weighted by atomic mass is 10.1. The van der Waals surface area contributed by atoms with E-state index in [0.717, 1.165) is 0 Å². The highest BCUT2D eigenvalue weighted by molar-refractivity contribution is 5.72. The smallest absolute Gasteiger partial charge is 0.344 e. The van der Waals surface area contributed by atoms with E-state index >= 15 is 0 Å². The number of para-hydroxylation sites is 1. The second-order valence-electron chi connectivity index (χ2n) is 4.72. The quantitative estimate of drug-likeness (QED) is 0.627. The number of hydrogen-bond acceptors (Lipinski definition) is 4. The molecule has 2 aromatic rings. The number of nitro groups is 1. The summed E-state index contributed by atoms with van der Waals surface area (Å²) in [6.45, 7) is 0. The van der Waals surface area contributed by atoms with Crippen LogP contribution in [0.1, 0.15) is 12.0 Å². The van der Waals surface area contributed by atoms with Gasteiger partial charge in [-0.15, -0.1) is 0 Å². The number of nitro benzene ring substituents is 1. The minimum absolute atomic E-state index is 0.00615. The summed E-state index contributed by atoms with van der Waals surface area (Å²) in [4.78, 5) is 21.5. The standard InChI is InChI=1S/C16H15NO5/c18-16(19)15(22-14-7-2-1-3-8-14)10-9-12-5-4-6-13(11-12)17(20)21/h1-8,11,15H,9-10H2,(H,18,19). The molecule has 0 saturated carbocycles. The molecule has 2 rings (SSSR count). The minimum atomic E-state index is -1.06. The molecular weight excluding hydrogens is 286 g/mol. The summed E-state index contributed by atoms with van der Waals surface area (Å²) < 4.78 is 5.44. The first-order valence-corrected chi connectivity index (χ1v) is 6.74. The summed E-state index contributed by atoms with van der Waals surface area (Å²) in [7, 11) is 0. The van der Waals surface area contributed by atoms with Gasteiger partial charge >= 0.3 is 5.97 Å². The first kappa shape index (κ1) is 15.5. The van der Waals surface area contributed by atoms with Crippen LogP contribution in [0.4, 0.5) is 5.69 Å². The third-order valence-corrected chi connectivity index (χ3v) is 3.11. The summed E-state index contributed by atoms with van der Waals surface area (Å²) in [5.74, 6) is -0.580. The lowest BCUT2D eigenvalue weighted by molar-refractivity contribution is -0.384. The van der Waals surface area contributed by atoms with Crippen molar-refractivity contribution in [1.82, 2.24) is 0 Å². The van der Waals surface area contributed by atoms with E-state index < -0.39 is 17.0 Å². The van der Waals surface area contributed by atoms with Crippen molar-refractivity contribution in [2.75, 3.05) is 0 Å². The molecule has 114 valence electrons. The van der Waals surface area contributed by atoms with Crippen LogP contribution in [0.3, 0.4) is 0 Å². The third kappa shape index (κ3) is 4.31. The van der Waals surface area contributed by atoms with Crippen LogP contribution in [0.5, 0.6) is 5.75 Å². The van der Waals surface area contributed by atoms with Gasteiger partial charge < -0.3 is 9.84 Å². The largest absolute Gasteiger partial charge is 0.479 e. The van der Waals surface area contributed by atoms with Gasteiger partial charge in [-0.05, 0) is 30.5 Å². The Kier molecular flexibility index (Phi) is 5.08. The van der Waals surface area contributed by atoms with Crippen molar-refractivity contribution < 1.29 is 19.6 Å². The Balaban J connectivity index is 2.01. The van der Waals surface area contributed by atoms with Gasteiger partial charge in [0, 0.05) is 12.1 Å². The van der Waals surface area contributed by atoms with Crippen LogP contribution < -0.4 is 4.74 Å². The van der Waals surface area contributed by atoms with Gasteiger partial charge in [0.25, 0.3) is 5.69 Å². The number of benzene rings is 2. The Labute approximate surface area is 127 Å². The molecule has 6 nitrogen and oxygen atoms in total. The third-order valence-electron chi connectivity index (χ3n) is 3.11. The molecule has 0 aliphatic carbocycles. The van der Waals surface area contributed by atoms with Crippen molar-refractivity contribution in [2.24, 2.45) is 0 Å². The maximum Gasteiger partial charge on any atom is 0.344 e. The average Bonchev–Trinajstić information content (AvgIpc) is 2.52. The lowest BCUT2D eigenvalue weighted by Crippen LogP contribution is -2.27. The molecule has 6 heteroatoms. The average molecular weight is 301 g/mol. The van der Waals surface area contributed by atoms with Crippen molar-refractivity contribution >= 4 is 11.7 Å².